The van der Waals surface area contributed by atoms with Gasteiger partial charge in [0.15, 0.2) is 18.1 Å². The number of rotatable bonds is 9. The van der Waals surface area contributed by atoms with Crippen LogP contribution in [-0.4, -0.2) is 35.7 Å². The van der Waals surface area contributed by atoms with Crippen LogP contribution in [0.2, 0.25) is 0 Å². The van der Waals surface area contributed by atoms with Gasteiger partial charge in [-0.25, -0.2) is 4.98 Å². The number of methoxy groups -OCH3 is 1. The van der Waals surface area contributed by atoms with Crippen molar-refractivity contribution in [2.24, 2.45) is 0 Å². The molecule has 1 amide bonds. The molecule has 3 aromatic rings. The molecule has 1 heterocycles. The van der Waals surface area contributed by atoms with Gasteiger partial charge in [-0.05, 0) is 18.6 Å². The van der Waals surface area contributed by atoms with Crippen LogP contribution in [0.5, 0.6) is 11.5 Å². The van der Waals surface area contributed by atoms with Gasteiger partial charge in [0.1, 0.15) is 5.82 Å². The van der Waals surface area contributed by atoms with E-state index in [2.05, 4.69) is 14.9 Å². The van der Waals surface area contributed by atoms with Crippen molar-refractivity contribution in [3.05, 3.63) is 67.0 Å². The first kappa shape index (κ1) is 18.5. The third-order valence-electron chi connectivity index (χ3n) is 4.07. The zero-order valence-electron chi connectivity index (χ0n) is 15.3. The van der Waals surface area contributed by atoms with E-state index in [4.69, 9.17) is 9.47 Å². The maximum Gasteiger partial charge on any atom is 0.257 e. The zero-order chi connectivity index (χ0) is 18.9. The van der Waals surface area contributed by atoms with Crippen molar-refractivity contribution in [2.75, 3.05) is 20.3 Å². The van der Waals surface area contributed by atoms with Gasteiger partial charge in [-0.1, -0.05) is 42.5 Å². The molecule has 6 heteroatoms. The van der Waals surface area contributed by atoms with Crippen LogP contribution in [0.4, 0.5) is 0 Å². The molecule has 2 aromatic carbocycles. The first-order valence-electron chi connectivity index (χ1n) is 8.87. The number of nitrogens with zero attached hydrogens (tertiary/aromatic N) is 2. The Labute approximate surface area is 158 Å². The van der Waals surface area contributed by atoms with Crippen LogP contribution in [0.3, 0.4) is 0 Å². The number of nitrogens with one attached hydrogen (secondary N) is 1. The molecule has 0 aliphatic heterocycles. The molecular weight excluding hydrogens is 342 g/mol. The molecule has 6 nitrogen and oxygen atoms in total. The fraction of sp³-hybridized carbons (Fsp3) is 0.238. The molecule has 0 saturated carbocycles. The molecule has 0 spiro atoms. The number of carbonyl (C=O) groups is 1. The minimum Gasteiger partial charge on any atom is -0.493 e. The molecular formula is C21H23N3O3. The third-order valence-corrected chi connectivity index (χ3v) is 4.07. The normalized spacial score (nSPS) is 10.4. The maximum absolute atomic E-state index is 12.0. The SMILES string of the molecule is COc1ccccc1OCC(=O)NCCCn1ccnc1-c1ccccc1. The van der Waals surface area contributed by atoms with E-state index in [-0.39, 0.29) is 12.5 Å². The minimum atomic E-state index is -0.158. The lowest BCUT2D eigenvalue weighted by molar-refractivity contribution is -0.123. The van der Waals surface area contributed by atoms with Gasteiger partial charge in [-0.2, -0.15) is 0 Å². The standard InChI is InChI=1S/C21H23N3O3/c1-26-18-10-5-6-11-19(18)27-16-20(25)22-12-7-14-24-15-13-23-21(24)17-8-3-2-4-9-17/h2-6,8-11,13,15H,7,12,14,16H2,1H3,(H,22,25). The predicted octanol–water partition coefficient (Wildman–Crippen LogP) is 3.14. The number of hydrogen-bond donors (Lipinski definition) is 1. The summed E-state index contributed by atoms with van der Waals surface area (Å²) in [5.41, 5.74) is 1.08. The fourth-order valence-corrected chi connectivity index (χ4v) is 2.75. The molecule has 0 radical (unpaired) electrons. The van der Waals surface area contributed by atoms with E-state index in [1.165, 1.54) is 0 Å². The summed E-state index contributed by atoms with van der Waals surface area (Å²) in [5.74, 6) is 1.94. The number of aryl methyl sites for hydroxylation is 1. The molecule has 0 aliphatic rings. The topological polar surface area (TPSA) is 65.4 Å². The van der Waals surface area contributed by atoms with Gasteiger partial charge in [0.05, 0.1) is 7.11 Å². The summed E-state index contributed by atoms with van der Waals surface area (Å²) in [6.07, 6.45) is 4.55. The largest absolute Gasteiger partial charge is 0.493 e. The number of aromatic nitrogens is 2. The van der Waals surface area contributed by atoms with Gasteiger partial charge < -0.3 is 19.4 Å². The average Bonchev–Trinajstić information content (AvgIpc) is 3.19. The highest BCUT2D eigenvalue weighted by Crippen LogP contribution is 2.25. The Morgan fingerprint density at radius 2 is 1.81 bits per heavy atom. The Bertz CT molecular complexity index is 862. The highest BCUT2D eigenvalue weighted by molar-refractivity contribution is 5.77. The summed E-state index contributed by atoms with van der Waals surface area (Å²) in [6, 6.07) is 17.3. The van der Waals surface area contributed by atoms with Crippen LogP contribution in [0, 0.1) is 0 Å². The second-order valence-electron chi connectivity index (χ2n) is 5.95. The Hall–Kier alpha value is -3.28. The summed E-state index contributed by atoms with van der Waals surface area (Å²) < 4.78 is 12.8. The molecule has 0 atom stereocenters. The number of ether oxygens (including phenoxy) is 2. The fourth-order valence-electron chi connectivity index (χ4n) is 2.75. The summed E-state index contributed by atoms with van der Waals surface area (Å²) >= 11 is 0. The second kappa shape index (κ2) is 9.43. The van der Waals surface area contributed by atoms with E-state index in [9.17, 15) is 4.79 Å². The van der Waals surface area contributed by atoms with Crippen molar-refractivity contribution >= 4 is 5.91 Å². The minimum absolute atomic E-state index is 0.0410. The molecule has 1 N–H and O–H groups in total. The average molecular weight is 365 g/mol. The summed E-state index contributed by atoms with van der Waals surface area (Å²) in [5, 5.41) is 2.87. The molecule has 27 heavy (non-hydrogen) atoms. The summed E-state index contributed by atoms with van der Waals surface area (Å²) in [4.78, 5) is 16.4. The van der Waals surface area contributed by atoms with Crippen LogP contribution in [-0.2, 0) is 11.3 Å². The summed E-state index contributed by atoms with van der Waals surface area (Å²) in [6.45, 7) is 1.30. The molecule has 0 fully saturated rings. The van der Waals surface area contributed by atoms with Gasteiger partial charge in [0.2, 0.25) is 0 Å². The van der Waals surface area contributed by atoms with E-state index < -0.39 is 0 Å². The van der Waals surface area contributed by atoms with E-state index in [1.807, 2.05) is 48.7 Å². The molecule has 1 aromatic heterocycles. The predicted molar refractivity (Wildman–Crippen MR) is 104 cm³/mol. The van der Waals surface area contributed by atoms with Gasteiger partial charge in [-0.15, -0.1) is 0 Å². The van der Waals surface area contributed by atoms with E-state index in [0.717, 1.165) is 24.4 Å². The quantitative estimate of drug-likeness (QED) is 0.592. The highest BCUT2D eigenvalue weighted by Gasteiger charge is 2.07. The number of imidazole rings is 1. The van der Waals surface area contributed by atoms with E-state index in [1.54, 1.807) is 25.4 Å². The van der Waals surface area contributed by atoms with Crippen LogP contribution in [0.15, 0.2) is 67.0 Å². The zero-order valence-corrected chi connectivity index (χ0v) is 15.3. The number of hydrogen-bond acceptors (Lipinski definition) is 4. The molecule has 0 saturated heterocycles. The van der Waals surface area contributed by atoms with Gasteiger partial charge in [-0.3, -0.25) is 4.79 Å². The number of amides is 1. The number of carbonyl (C=O) groups excluding carboxylic acids is 1. The second-order valence-corrected chi connectivity index (χ2v) is 5.95. The van der Waals surface area contributed by atoms with Crippen LogP contribution in [0.25, 0.3) is 11.4 Å². The van der Waals surface area contributed by atoms with E-state index in [0.29, 0.717) is 18.0 Å². The highest BCUT2D eigenvalue weighted by atomic mass is 16.5. The van der Waals surface area contributed by atoms with Crippen molar-refractivity contribution in [3.8, 4) is 22.9 Å². The molecule has 140 valence electrons. The molecule has 0 unspecified atom stereocenters. The Balaban J connectivity index is 1.42. The Morgan fingerprint density at radius 3 is 2.59 bits per heavy atom. The van der Waals surface area contributed by atoms with Crippen molar-refractivity contribution in [2.45, 2.75) is 13.0 Å². The monoisotopic (exact) mass is 365 g/mol. The number of benzene rings is 2. The van der Waals surface area contributed by atoms with Crippen molar-refractivity contribution < 1.29 is 14.3 Å². The lowest BCUT2D eigenvalue weighted by Crippen LogP contribution is -2.30. The molecule has 3 rings (SSSR count). The lowest BCUT2D eigenvalue weighted by atomic mass is 10.2. The van der Waals surface area contributed by atoms with Crippen molar-refractivity contribution in [3.63, 3.8) is 0 Å². The van der Waals surface area contributed by atoms with Crippen LogP contribution >= 0.6 is 0 Å². The first-order valence-corrected chi connectivity index (χ1v) is 8.87. The lowest BCUT2D eigenvalue weighted by Gasteiger charge is -2.11. The van der Waals surface area contributed by atoms with Crippen molar-refractivity contribution in [1.82, 2.24) is 14.9 Å². The first-order chi connectivity index (χ1) is 13.3. The number of para-hydroxylation sites is 2. The van der Waals surface area contributed by atoms with Gasteiger partial charge in [0, 0.05) is 31.0 Å². The van der Waals surface area contributed by atoms with Crippen LogP contribution in [0.1, 0.15) is 6.42 Å². The molecule has 0 aliphatic carbocycles. The smallest absolute Gasteiger partial charge is 0.257 e. The molecule has 0 bridgehead atoms. The van der Waals surface area contributed by atoms with Crippen LogP contribution < -0.4 is 14.8 Å². The van der Waals surface area contributed by atoms with Crippen molar-refractivity contribution in [1.29, 1.82) is 0 Å². The Morgan fingerprint density at radius 1 is 1.07 bits per heavy atom. The van der Waals surface area contributed by atoms with E-state index >= 15 is 0 Å². The maximum atomic E-state index is 12.0. The van der Waals surface area contributed by atoms with Gasteiger partial charge in [0.25, 0.3) is 5.91 Å². The Kier molecular flexibility index (Phi) is 6.46. The third kappa shape index (κ3) is 5.10. The summed E-state index contributed by atoms with van der Waals surface area (Å²) in [7, 11) is 1.57. The van der Waals surface area contributed by atoms with Gasteiger partial charge >= 0.3 is 0 Å².